The van der Waals surface area contributed by atoms with E-state index in [1.807, 2.05) is 48.7 Å². The van der Waals surface area contributed by atoms with Crippen molar-refractivity contribution in [3.63, 3.8) is 0 Å². The fourth-order valence-corrected chi connectivity index (χ4v) is 2.85. The summed E-state index contributed by atoms with van der Waals surface area (Å²) in [6.07, 6.45) is 1.10. The van der Waals surface area contributed by atoms with Gasteiger partial charge >= 0.3 is 0 Å². The van der Waals surface area contributed by atoms with Crippen molar-refractivity contribution in [1.29, 1.82) is 0 Å². The Bertz CT molecular complexity index is 684. The summed E-state index contributed by atoms with van der Waals surface area (Å²) >= 11 is 1.65. The molecule has 1 N–H and O–H groups in total. The number of aliphatic hydroxyl groups is 1. The molecule has 2 heterocycles. The predicted octanol–water partition coefficient (Wildman–Crippen LogP) is 3.69. The summed E-state index contributed by atoms with van der Waals surface area (Å²) in [6, 6.07) is 12.0. The van der Waals surface area contributed by atoms with Crippen molar-refractivity contribution in [2.24, 2.45) is 0 Å². The quantitative estimate of drug-likeness (QED) is 0.757. The van der Waals surface area contributed by atoms with Gasteiger partial charge in [-0.1, -0.05) is 24.3 Å². The van der Waals surface area contributed by atoms with Crippen LogP contribution in [0, 0.1) is 6.92 Å². The van der Waals surface area contributed by atoms with E-state index in [1.54, 1.807) is 17.5 Å². The summed E-state index contributed by atoms with van der Waals surface area (Å²) in [4.78, 5) is 5.55. The minimum atomic E-state index is -0.652. The Morgan fingerprint density at radius 2 is 2.06 bits per heavy atom. The molecule has 0 aliphatic carbocycles. The summed E-state index contributed by atoms with van der Waals surface area (Å²) in [7, 11) is 0. The van der Waals surface area contributed by atoms with Crippen molar-refractivity contribution >= 4 is 22.1 Å². The Morgan fingerprint density at radius 1 is 1.22 bits per heavy atom. The predicted molar refractivity (Wildman–Crippen MR) is 74.9 cm³/mol. The summed E-state index contributed by atoms with van der Waals surface area (Å²) < 4.78 is 0. The van der Waals surface area contributed by atoms with Crippen LogP contribution < -0.4 is 0 Å². The normalized spacial score (nSPS) is 12.8. The van der Waals surface area contributed by atoms with E-state index in [-0.39, 0.29) is 0 Å². The van der Waals surface area contributed by atoms with Crippen LogP contribution in [0.5, 0.6) is 0 Å². The van der Waals surface area contributed by atoms with Gasteiger partial charge in [-0.3, -0.25) is 4.98 Å². The van der Waals surface area contributed by atoms with E-state index in [4.69, 9.17) is 0 Å². The first-order chi connectivity index (χ1) is 8.75. The summed E-state index contributed by atoms with van der Waals surface area (Å²) in [6.45, 7) is 2.04. The minimum Gasteiger partial charge on any atom is -0.382 e. The molecule has 3 rings (SSSR count). The van der Waals surface area contributed by atoms with Crippen LogP contribution in [-0.4, -0.2) is 10.1 Å². The number of hydrogen-bond acceptors (Lipinski definition) is 3. The van der Waals surface area contributed by atoms with Crippen LogP contribution in [0.25, 0.3) is 10.8 Å². The van der Waals surface area contributed by atoms with Gasteiger partial charge in [0.15, 0.2) is 0 Å². The largest absolute Gasteiger partial charge is 0.382 e. The minimum absolute atomic E-state index is 0.652. The van der Waals surface area contributed by atoms with Crippen LogP contribution >= 0.6 is 11.3 Å². The number of hydrogen-bond donors (Lipinski definition) is 1. The number of pyridine rings is 1. The number of aromatic nitrogens is 1. The second-order valence-electron chi connectivity index (χ2n) is 4.31. The lowest BCUT2D eigenvalue weighted by Gasteiger charge is -2.11. The number of fused-ring (bicyclic) bond motifs is 1. The molecule has 0 aliphatic heterocycles. The first-order valence-electron chi connectivity index (χ1n) is 5.82. The Morgan fingerprint density at radius 3 is 2.83 bits per heavy atom. The number of benzene rings is 1. The van der Waals surface area contributed by atoms with Crippen LogP contribution in [0.2, 0.25) is 0 Å². The first kappa shape index (κ1) is 11.4. The van der Waals surface area contributed by atoms with Crippen LogP contribution in [0.1, 0.15) is 22.2 Å². The van der Waals surface area contributed by atoms with E-state index >= 15 is 0 Å². The fourth-order valence-electron chi connectivity index (χ4n) is 2.13. The van der Waals surface area contributed by atoms with E-state index in [9.17, 15) is 5.11 Å². The highest BCUT2D eigenvalue weighted by Gasteiger charge is 2.15. The number of aryl methyl sites for hydroxylation is 1. The Kier molecular flexibility index (Phi) is 2.86. The van der Waals surface area contributed by atoms with Crippen LogP contribution in [0.15, 0.2) is 48.0 Å². The van der Waals surface area contributed by atoms with Crippen molar-refractivity contribution in [3.8, 4) is 0 Å². The SMILES string of the molecule is Cc1cc(C(O)c2nccc3ccccc23)cs1. The molecule has 2 nitrogen and oxygen atoms in total. The lowest BCUT2D eigenvalue weighted by atomic mass is 10.0. The van der Waals surface area contributed by atoms with Gasteiger partial charge < -0.3 is 5.11 Å². The molecule has 2 aromatic heterocycles. The van der Waals surface area contributed by atoms with Gasteiger partial charge in [0.25, 0.3) is 0 Å². The van der Waals surface area contributed by atoms with Crippen molar-refractivity contribution in [2.75, 3.05) is 0 Å². The molecule has 0 bridgehead atoms. The molecule has 0 saturated carbocycles. The molecule has 90 valence electrons. The van der Waals surface area contributed by atoms with E-state index in [0.29, 0.717) is 0 Å². The molecule has 3 heteroatoms. The molecule has 0 saturated heterocycles. The Labute approximate surface area is 110 Å². The lowest BCUT2D eigenvalue weighted by molar-refractivity contribution is 0.217. The lowest BCUT2D eigenvalue weighted by Crippen LogP contribution is -2.01. The van der Waals surface area contributed by atoms with Crippen LogP contribution in [-0.2, 0) is 0 Å². The van der Waals surface area contributed by atoms with Gasteiger partial charge in [0, 0.05) is 16.5 Å². The molecule has 18 heavy (non-hydrogen) atoms. The average Bonchev–Trinajstić information content (AvgIpc) is 2.84. The molecule has 0 radical (unpaired) electrons. The van der Waals surface area contributed by atoms with Crippen molar-refractivity contribution in [2.45, 2.75) is 13.0 Å². The number of rotatable bonds is 2. The molecule has 0 fully saturated rings. The molecule has 0 aliphatic rings. The molecule has 1 unspecified atom stereocenters. The molecule has 3 aromatic rings. The Hall–Kier alpha value is -1.71. The standard InChI is InChI=1S/C15H13NOS/c1-10-8-12(9-18-10)15(17)14-13-5-3-2-4-11(13)6-7-16-14/h2-9,15,17H,1H3. The third-order valence-corrected chi connectivity index (χ3v) is 3.91. The summed E-state index contributed by atoms with van der Waals surface area (Å²) in [5, 5.41) is 14.6. The molecule has 0 amide bonds. The maximum Gasteiger partial charge on any atom is 0.122 e. The van der Waals surface area contributed by atoms with Crippen molar-refractivity contribution < 1.29 is 5.11 Å². The van der Waals surface area contributed by atoms with Gasteiger partial charge in [0.1, 0.15) is 6.10 Å². The number of nitrogens with zero attached hydrogens (tertiary/aromatic N) is 1. The van der Waals surface area contributed by atoms with Crippen molar-refractivity contribution in [1.82, 2.24) is 4.98 Å². The summed E-state index contributed by atoms with van der Waals surface area (Å²) in [5.41, 5.74) is 1.65. The van der Waals surface area contributed by atoms with Gasteiger partial charge in [0.2, 0.25) is 0 Å². The highest BCUT2D eigenvalue weighted by molar-refractivity contribution is 7.10. The second kappa shape index (κ2) is 4.52. The average molecular weight is 255 g/mol. The fraction of sp³-hybridized carbons (Fsp3) is 0.133. The first-order valence-corrected chi connectivity index (χ1v) is 6.70. The maximum absolute atomic E-state index is 10.4. The summed E-state index contributed by atoms with van der Waals surface area (Å²) in [5.74, 6) is 0. The maximum atomic E-state index is 10.4. The number of thiophene rings is 1. The Balaban J connectivity index is 2.14. The molecular weight excluding hydrogens is 242 g/mol. The third kappa shape index (κ3) is 1.92. The number of aliphatic hydroxyl groups excluding tert-OH is 1. The topological polar surface area (TPSA) is 33.1 Å². The van der Waals surface area contributed by atoms with E-state index in [2.05, 4.69) is 4.98 Å². The van der Waals surface area contributed by atoms with Gasteiger partial charge in [-0.25, -0.2) is 0 Å². The molecule has 1 atom stereocenters. The van der Waals surface area contributed by atoms with E-state index < -0.39 is 6.10 Å². The third-order valence-electron chi connectivity index (χ3n) is 3.03. The zero-order chi connectivity index (χ0) is 12.5. The zero-order valence-corrected chi connectivity index (χ0v) is 10.8. The highest BCUT2D eigenvalue weighted by Crippen LogP contribution is 2.29. The molecule has 0 spiro atoms. The van der Waals surface area contributed by atoms with Gasteiger partial charge in [-0.15, -0.1) is 11.3 Å². The molecular formula is C15H13NOS. The van der Waals surface area contributed by atoms with Gasteiger partial charge in [0.05, 0.1) is 5.69 Å². The zero-order valence-electron chi connectivity index (χ0n) is 10.00. The van der Waals surface area contributed by atoms with Gasteiger partial charge in [-0.2, -0.15) is 0 Å². The molecule has 1 aromatic carbocycles. The van der Waals surface area contributed by atoms with E-state index in [0.717, 1.165) is 22.0 Å². The second-order valence-corrected chi connectivity index (χ2v) is 5.43. The van der Waals surface area contributed by atoms with E-state index in [1.165, 1.54) is 4.88 Å². The van der Waals surface area contributed by atoms with Crippen LogP contribution in [0.3, 0.4) is 0 Å². The monoisotopic (exact) mass is 255 g/mol. The van der Waals surface area contributed by atoms with Crippen molar-refractivity contribution in [3.05, 3.63) is 64.1 Å². The highest BCUT2D eigenvalue weighted by atomic mass is 32.1. The van der Waals surface area contributed by atoms with Crippen LogP contribution in [0.4, 0.5) is 0 Å². The van der Waals surface area contributed by atoms with Gasteiger partial charge in [-0.05, 0) is 35.4 Å². The smallest absolute Gasteiger partial charge is 0.122 e.